The predicted molar refractivity (Wildman–Crippen MR) is 93.4 cm³/mol. The van der Waals surface area contributed by atoms with Crippen LogP contribution in [0.3, 0.4) is 0 Å². The van der Waals surface area contributed by atoms with E-state index in [-0.39, 0.29) is 12.5 Å². The van der Waals surface area contributed by atoms with Crippen molar-refractivity contribution in [3.63, 3.8) is 0 Å². The molecule has 0 aromatic heterocycles. The number of carbonyl (C=O) groups is 2. The zero-order valence-electron chi connectivity index (χ0n) is 14.1. The van der Waals surface area contributed by atoms with Crippen LogP contribution in [0.1, 0.15) is 23.6 Å². The Balaban J connectivity index is 1.75. The number of carboxylic acids is 1. The molecule has 2 aromatic rings. The van der Waals surface area contributed by atoms with Gasteiger partial charge < -0.3 is 14.7 Å². The average Bonchev–Trinajstić information content (AvgIpc) is 2.65. The molecule has 0 fully saturated rings. The molecule has 3 rings (SSSR count). The number of para-hydroxylation sites is 1. The minimum absolute atomic E-state index is 0.164. The quantitative estimate of drug-likeness (QED) is 0.909. The number of aliphatic carboxylic acids is 1. The first-order chi connectivity index (χ1) is 12.1. The van der Waals surface area contributed by atoms with Crippen LogP contribution in [0, 0.1) is 0 Å². The first-order valence-corrected chi connectivity index (χ1v) is 8.40. The zero-order chi connectivity index (χ0) is 17.8. The van der Waals surface area contributed by atoms with Crippen molar-refractivity contribution in [3.8, 4) is 5.75 Å². The normalized spacial score (nSPS) is 16.2. The van der Waals surface area contributed by atoms with Gasteiger partial charge >= 0.3 is 5.97 Å². The van der Waals surface area contributed by atoms with E-state index >= 15 is 0 Å². The summed E-state index contributed by atoms with van der Waals surface area (Å²) < 4.78 is 5.67. The minimum Gasteiger partial charge on any atom is -0.483 e. The molecule has 0 bridgehead atoms. The Labute approximate surface area is 146 Å². The third-order valence-electron chi connectivity index (χ3n) is 4.56. The number of aryl methyl sites for hydroxylation is 1. The fourth-order valence-electron chi connectivity index (χ4n) is 3.16. The van der Waals surface area contributed by atoms with E-state index < -0.39 is 12.0 Å². The van der Waals surface area contributed by atoms with Crippen LogP contribution in [0.5, 0.6) is 5.75 Å². The Morgan fingerprint density at radius 2 is 1.80 bits per heavy atom. The summed E-state index contributed by atoms with van der Waals surface area (Å²) in [5, 5.41) is 9.52. The van der Waals surface area contributed by atoms with Crippen molar-refractivity contribution in [2.45, 2.75) is 32.4 Å². The molecule has 1 heterocycles. The van der Waals surface area contributed by atoms with Gasteiger partial charge in [0.1, 0.15) is 11.8 Å². The topological polar surface area (TPSA) is 66.8 Å². The monoisotopic (exact) mass is 339 g/mol. The smallest absolute Gasteiger partial charge is 0.326 e. The molecule has 1 aliphatic rings. The van der Waals surface area contributed by atoms with Gasteiger partial charge in [0.05, 0.1) is 0 Å². The van der Waals surface area contributed by atoms with Crippen LogP contribution in [0.15, 0.2) is 48.5 Å². The van der Waals surface area contributed by atoms with Gasteiger partial charge in [-0.15, -0.1) is 0 Å². The van der Waals surface area contributed by atoms with Crippen LogP contribution < -0.4 is 4.74 Å². The summed E-state index contributed by atoms with van der Waals surface area (Å²) in [6.07, 6.45) is 1.13. The van der Waals surface area contributed by atoms with Crippen molar-refractivity contribution in [1.82, 2.24) is 4.90 Å². The van der Waals surface area contributed by atoms with E-state index in [0.29, 0.717) is 18.7 Å². The molecule has 2 aromatic carbocycles. The number of fused-ring (bicyclic) bond motifs is 1. The molecule has 130 valence electrons. The van der Waals surface area contributed by atoms with Gasteiger partial charge in [-0.25, -0.2) is 4.79 Å². The second-order valence-electron chi connectivity index (χ2n) is 6.10. The van der Waals surface area contributed by atoms with Gasteiger partial charge in [0, 0.05) is 13.0 Å². The summed E-state index contributed by atoms with van der Waals surface area (Å²) in [5.74, 6) is -0.632. The van der Waals surface area contributed by atoms with Crippen LogP contribution >= 0.6 is 0 Å². The predicted octanol–water partition coefficient (Wildman–Crippen LogP) is 2.67. The lowest BCUT2D eigenvalue weighted by atomic mass is 9.94. The summed E-state index contributed by atoms with van der Waals surface area (Å²) in [7, 11) is 0. The average molecular weight is 339 g/mol. The van der Waals surface area contributed by atoms with Crippen LogP contribution in [-0.2, 0) is 29.0 Å². The van der Waals surface area contributed by atoms with Gasteiger partial charge in [-0.2, -0.15) is 0 Å². The summed E-state index contributed by atoms with van der Waals surface area (Å²) in [6.45, 7) is 2.15. The Morgan fingerprint density at radius 1 is 1.12 bits per heavy atom. The van der Waals surface area contributed by atoms with Gasteiger partial charge in [0.15, 0.2) is 6.61 Å². The van der Waals surface area contributed by atoms with Crippen molar-refractivity contribution >= 4 is 11.9 Å². The van der Waals surface area contributed by atoms with Crippen LogP contribution in [0.4, 0.5) is 0 Å². The van der Waals surface area contributed by atoms with Crippen molar-refractivity contribution in [2.75, 3.05) is 6.61 Å². The molecule has 25 heavy (non-hydrogen) atoms. The summed E-state index contributed by atoms with van der Waals surface area (Å²) in [4.78, 5) is 25.7. The van der Waals surface area contributed by atoms with Crippen molar-refractivity contribution in [2.24, 2.45) is 0 Å². The second-order valence-corrected chi connectivity index (χ2v) is 6.10. The number of hydrogen-bond donors (Lipinski definition) is 1. The Kier molecular flexibility index (Phi) is 5.03. The molecule has 0 saturated carbocycles. The highest BCUT2D eigenvalue weighted by atomic mass is 16.5. The summed E-state index contributed by atoms with van der Waals surface area (Å²) >= 11 is 0. The van der Waals surface area contributed by atoms with E-state index in [0.717, 1.165) is 23.1 Å². The van der Waals surface area contributed by atoms with Crippen molar-refractivity contribution in [1.29, 1.82) is 0 Å². The number of carboxylic acid groups (broad SMARTS) is 1. The van der Waals surface area contributed by atoms with E-state index in [1.165, 1.54) is 4.90 Å². The number of hydrogen-bond acceptors (Lipinski definition) is 3. The molecule has 1 aliphatic heterocycles. The van der Waals surface area contributed by atoms with E-state index in [4.69, 9.17) is 4.74 Å². The van der Waals surface area contributed by atoms with Crippen molar-refractivity contribution < 1.29 is 19.4 Å². The molecular weight excluding hydrogens is 318 g/mol. The highest BCUT2D eigenvalue weighted by molar-refractivity contribution is 5.85. The maximum Gasteiger partial charge on any atom is 0.326 e. The third-order valence-corrected chi connectivity index (χ3v) is 4.56. The van der Waals surface area contributed by atoms with Crippen LogP contribution in [0.25, 0.3) is 0 Å². The summed E-state index contributed by atoms with van der Waals surface area (Å²) in [6, 6.07) is 14.3. The van der Waals surface area contributed by atoms with Gasteiger partial charge in [-0.1, -0.05) is 49.4 Å². The van der Waals surface area contributed by atoms with Gasteiger partial charge in [0.2, 0.25) is 0 Å². The number of benzene rings is 2. The number of carbonyl (C=O) groups excluding carboxylic acids is 1. The maximum atomic E-state index is 12.6. The van der Waals surface area contributed by atoms with Gasteiger partial charge in [-0.05, 0) is 29.2 Å². The van der Waals surface area contributed by atoms with Crippen molar-refractivity contribution in [3.05, 3.63) is 65.2 Å². The Morgan fingerprint density at radius 3 is 2.52 bits per heavy atom. The SMILES string of the molecule is CCc1ccccc1OCC(=O)N1Cc2ccccc2CC1C(=O)O. The minimum atomic E-state index is -0.989. The molecule has 5 heteroatoms. The lowest BCUT2D eigenvalue weighted by Gasteiger charge is -2.34. The van der Waals surface area contributed by atoms with E-state index in [2.05, 4.69) is 0 Å². The number of ether oxygens (including phenoxy) is 1. The number of nitrogens with zero attached hydrogens (tertiary/aromatic N) is 1. The van der Waals surface area contributed by atoms with Gasteiger partial charge in [0.25, 0.3) is 5.91 Å². The molecular formula is C20H21NO4. The molecule has 1 atom stereocenters. The standard InChI is InChI=1S/C20H21NO4/c1-2-14-7-5-6-10-18(14)25-13-19(22)21-12-16-9-4-3-8-15(16)11-17(21)20(23)24/h3-10,17H,2,11-13H2,1H3,(H,23,24). The highest BCUT2D eigenvalue weighted by Gasteiger charge is 2.34. The first-order valence-electron chi connectivity index (χ1n) is 8.40. The van der Waals surface area contributed by atoms with E-state index in [9.17, 15) is 14.7 Å². The fraction of sp³-hybridized carbons (Fsp3) is 0.300. The zero-order valence-corrected chi connectivity index (χ0v) is 14.1. The Bertz CT molecular complexity index is 787. The molecule has 0 saturated heterocycles. The molecule has 0 radical (unpaired) electrons. The fourth-order valence-corrected chi connectivity index (χ4v) is 3.16. The van der Waals surface area contributed by atoms with E-state index in [1.54, 1.807) is 0 Å². The number of amides is 1. The molecule has 0 aliphatic carbocycles. The maximum absolute atomic E-state index is 12.6. The molecule has 1 N–H and O–H groups in total. The van der Waals surface area contributed by atoms with Crippen LogP contribution in [0.2, 0.25) is 0 Å². The lowest BCUT2D eigenvalue weighted by Crippen LogP contribution is -2.50. The summed E-state index contributed by atoms with van der Waals surface area (Å²) in [5.41, 5.74) is 2.99. The molecule has 1 amide bonds. The van der Waals surface area contributed by atoms with E-state index in [1.807, 2.05) is 55.5 Å². The Hall–Kier alpha value is -2.82. The highest BCUT2D eigenvalue weighted by Crippen LogP contribution is 2.24. The largest absolute Gasteiger partial charge is 0.483 e. The second kappa shape index (κ2) is 7.38. The number of rotatable bonds is 5. The third kappa shape index (κ3) is 3.65. The molecule has 0 spiro atoms. The molecule has 1 unspecified atom stereocenters. The van der Waals surface area contributed by atoms with Gasteiger partial charge in [-0.3, -0.25) is 4.79 Å². The first kappa shape index (κ1) is 17.0. The molecule has 5 nitrogen and oxygen atoms in total. The van der Waals surface area contributed by atoms with Crippen LogP contribution in [-0.4, -0.2) is 34.5 Å². The lowest BCUT2D eigenvalue weighted by molar-refractivity contribution is -0.152.